The Kier molecular flexibility index (Phi) is 6.09. The van der Waals surface area contributed by atoms with Crippen molar-refractivity contribution in [2.45, 2.75) is 19.4 Å². The molecule has 0 atom stereocenters. The van der Waals surface area contributed by atoms with Crippen molar-refractivity contribution in [3.05, 3.63) is 95.6 Å². The van der Waals surface area contributed by atoms with E-state index in [1.54, 1.807) is 17.0 Å². The van der Waals surface area contributed by atoms with Gasteiger partial charge in [0.15, 0.2) is 6.61 Å². The Balaban J connectivity index is 1.30. The molecule has 4 rings (SSSR count). The fraction of sp³-hybridized carbons (Fsp3) is 0.200. The zero-order chi connectivity index (χ0) is 20.8. The largest absolute Gasteiger partial charge is 0.489 e. The molecule has 0 unspecified atom stereocenters. The highest BCUT2D eigenvalue weighted by Gasteiger charge is 2.23. The summed E-state index contributed by atoms with van der Waals surface area (Å²) in [4.78, 5) is 26.7. The third kappa shape index (κ3) is 4.69. The lowest BCUT2D eigenvalue weighted by molar-refractivity contribution is -0.121. The fourth-order valence-electron chi connectivity index (χ4n) is 3.50. The van der Waals surface area contributed by atoms with E-state index in [0.29, 0.717) is 18.7 Å². The third-order valence-corrected chi connectivity index (χ3v) is 5.08. The van der Waals surface area contributed by atoms with Crippen molar-refractivity contribution in [1.29, 1.82) is 0 Å². The number of anilines is 1. The van der Waals surface area contributed by atoms with E-state index in [-0.39, 0.29) is 12.5 Å². The van der Waals surface area contributed by atoms with Gasteiger partial charge in [0, 0.05) is 12.2 Å². The number of ether oxygens (including phenoxy) is 2. The average Bonchev–Trinajstić information content (AvgIpc) is 2.81. The second-order valence-corrected chi connectivity index (χ2v) is 7.15. The standard InChI is InChI=1S/C25H23NO4/c27-24(26-16-6-8-20-7-4-5-11-23(20)26)18-30-25(28)21-14-12-19(13-15-21)17-29-22-9-2-1-3-10-22/h1-5,7,9-15H,6,8,16-18H2. The second kappa shape index (κ2) is 9.27. The van der Waals surface area contributed by atoms with Gasteiger partial charge in [-0.2, -0.15) is 0 Å². The summed E-state index contributed by atoms with van der Waals surface area (Å²) in [5.74, 6) is 0.0753. The molecule has 0 aliphatic carbocycles. The van der Waals surface area contributed by atoms with Crippen LogP contribution in [0.1, 0.15) is 27.9 Å². The SMILES string of the molecule is O=C(OCC(=O)N1CCCc2ccccc21)c1ccc(COc2ccccc2)cc1. The summed E-state index contributed by atoms with van der Waals surface area (Å²) in [7, 11) is 0. The van der Waals surface area contributed by atoms with Gasteiger partial charge in [0.25, 0.3) is 5.91 Å². The molecule has 0 spiro atoms. The molecule has 0 fully saturated rings. The van der Waals surface area contributed by atoms with Crippen LogP contribution in [-0.4, -0.2) is 25.0 Å². The number of carbonyl (C=O) groups is 2. The van der Waals surface area contributed by atoms with Gasteiger partial charge in [-0.05, 0) is 54.3 Å². The molecule has 5 nitrogen and oxygen atoms in total. The van der Waals surface area contributed by atoms with Crippen LogP contribution in [0, 0.1) is 0 Å². The van der Waals surface area contributed by atoms with Crippen LogP contribution in [0.5, 0.6) is 5.75 Å². The van der Waals surface area contributed by atoms with Crippen LogP contribution in [0.15, 0.2) is 78.9 Å². The van der Waals surface area contributed by atoms with Crippen LogP contribution < -0.4 is 9.64 Å². The minimum absolute atomic E-state index is 0.205. The van der Waals surface area contributed by atoms with Gasteiger partial charge in [-0.25, -0.2) is 4.79 Å². The lowest BCUT2D eigenvalue weighted by atomic mass is 10.0. The molecule has 0 radical (unpaired) electrons. The first-order valence-corrected chi connectivity index (χ1v) is 10.0. The molecule has 3 aromatic carbocycles. The first-order chi connectivity index (χ1) is 14.7. The van der Waals surface area contributed by atoms with Crippen molar-refractivity contribution < 1.29 is 19.1 Å². The highest BCUT2D eigenvalue weighted by molar-refractivity contribution is 5.97. The van der Waals surface area contributed by atoms with Gasteiger partial charge >= 0.3 is 5.97 Å². The van der Waals surface area contributed by atoms with E-state index in [1.807, 2.05) is 66.7 Å². The third-order valence-electron chi connectivity index (χ3n) is 5.08. The van der Waals surface area contributed by atoms with Gasteiger partial charge in [-0.1, -0.05) is 48.5 Å². The summed E-state index contributed by atoms with van der Waals surface area (Å²) >= 11 is 0. The van der Waals surface area contributed by atoms with E-state index in [0.717, 1.165) is 35.4 Å². The van der Waals surface area contributed by atoms with Gasteiger partial charge < -0.3 is 14.4 Å². The molecule has 1 heterocycles. The first kappa shape index (κ1) is 19.7. The number of rotatable bonds is 6. The zero-order valence-corrected chi connectivity index (χ0v) is 16.6. The van der Waals surface area contributed by atoms with Crippen molar-refractivity contribution in [2.75, 3.05) is 18.1 Å². The molecule has 1 amide bonds. The number of esters is 1. The number of hydrogen-bond donors (Lipinski definition) is 0. The summed E-state index contributed by atoms with van der Waals surface area (Å²) in [6.07, 6.45) is 1.86. The summed E-state index contributed by atoms with van der Waals surface area (Å²) in [6.45, 7) is 0.780. The molecule has 0 aromatic heterocycles. The first-order valence-electron chi connectivity index (χ1n) is 10.0. The smallest absolute Gasteiger partial charge is 0.338 e. The van der Waals surface area contributed by atoms with E-state index < -0.39 is 5.97 Å². The normalized spacial score (nSPS) is 12.7. The minimum Gasteiger partial charge on any atom is -0.489 e. The Bertz CT molecular complexity index is 1010. The van der Waals surface area contributed by atoms with E-state index in [9.17, 15) is 9.59 Å². The second-order valence-electron chi connectivity index (χ2n) is 7.15. The number of carbonyl (C=O) groups excluding carboxylic acids is 2. The van der Waals surface area contributed by atoms with Gasteiger partial charge in [-0.15, -0.1) is 0 Å². The van der Waals surface area contributed by atoms with Crippen LogP contribution in [0.3, 0.4) is 0 Å². The summed E-state index contributed by atoms with van der Waals surface area (Å²) in [5, 5.41) is 0. The summed E-state index contributed by atoms with van der Waals surface area (Å²) in [6, 6.07) is 24.4. The van der Waals surface area contributed by atoms with Crippen molar-refractivity contribution in [3.63, 3.8) is 0 Å². The van der Waals surface area contributed by atoms with Crippen molar-refractivity contribution >= 4 is 17.6 Å². The maximum atomic E-state index is 12.6. The molecular formula is C25H23NO4. The lowest BCUT2D eigenvalue weighted by Crippen LogP contribution is -2.38. The number of aryl methyl sites for hydroxylation is 1. The predicted octanol–water partition coefficient (Wildman–Crippen LogP) is 4.40. The number of nitrogens with zero attached hydrogens (tertiary/aromatic N) is 1. The monoisotopic (exact) mass is 401 g/mol. The van der Waals surface area contributed by atoms with Crippen LogP contribution in [-0.2, 0) is 22.6 Å². The highest BCUT2D eigenvalue weighted by Crippen LogP contribution is 2.26. The highest BCUT2D eigenvalue weighted by atomic mass is 16.5. The number of fused-ring (bicyclic) bond motifs is 1. The Hall–Kier alpha value is -3.60. The van der Waals surface area contributed by atoms with Gasteiger partial charge in [0.2, 0.25) is 0 Å². The fourth-order valence-corrected chi connectivity index (χ4v) is 3.50. The number of para-hydroxylation sites is 2. The maximum Gasteiger partial charge on any atom is 0.338 e. The lowest BCUT2D eigenvalue weighted by Gasteiger charge is -2.29. The van der Waals surface area contributed by atoms with E-state index in [1.165, 1.54) is 0 Å². The predicted molar refractivity (Wildman–Crippen MR) is 115 cm³/mol. The molecule has 1 aliphatic rings. The molecule has 0 bridgehead atoms. The van der Waals surface area contributed by atoms with Gasteiger partial charge in [-0.3, -0.25) is 4.79 Å². The van der Waals surface area contributed by atoms with Crippen LogP contribution in [0.2, 0.25) is 0 Å². The topological polar surface area (TPSA) is 55.8 Å². The van der Waals surface area contributed by atoms with Crippen LogP contribution >= 0.6 is 0 Å². The van der Waals surface area contributed by atoms with E-state index in [4.69, 9.17) is 9.47 Å². The Morgan fingerprint density at radius 1 is 0.867 bits per heavy atom. The molecule has 30 heavy (non-hydrogen) atoms. The molecule has 3 aromatic rings. The number of hydrogen-bond acceptors (Lipinski definition) is 4. The van der Waals surface area contributed by atoms with E-state index >= 15 is 0 Å². The van der Waals surface area contributed by atoms with Crippen molar-refractivity contribution in [3.8, 4) is 5.75 Å². The van der Waals surface area contributed by atoms with Crippen molar-refractivity contribution in [1.82, 2.24) is 0 Å². The van der Waals surface area contributed by atoms with E-state index in [2.05, 4.69) is 0 Å². The summed E-state index contributed by atoms with van der Waals surface area (Å²) in [5.41, 5.74) is 3.41. The molecule has 0 saturated heterocycles. The zero-order valence-electron chi connectivity index (χ0n) is 16.6. The number of amides is 1. The van der Waals surface area contributed by atoms with Gasteiger partial charge in [0.05, 0.1) is 5.56 Å². The molecule has 0 saturated carbocycles. The Morgan fingerprint density at radius 3 is 2.40 bits per heavy atom. The number of benzene rings is 3. The van der Waals surface area contributed by atoms with Crippen LogP contribution in [0.4, 0.5) is 5.69 Å². The minimum atomic E-state index is -0.510. The molecular weight excluding hydrogens is 378 g/mol. The molecule has 0 N–H and O–H groups in total. The van der Waals surface area contributed by atoms with Gasteiger partial charge in [0.1, 0.15) is 12.4 Å². The van der Waals surface area contributed by atoms with Crippen LogP contribution in [0.25, 0.3) is 0 Å². The molecule has 5 heteroatoms. The summed E-state index contributed by atoms with van der Waals surface area (Å²) < 4.78 is 11.0. The Labute approximate surface area is 175 Å². The quantitative estimate of drug-likeness (QED) is 0.575. The van der Waals surface area contributed by atoms with Crippen molar-refractivity contribution in [2.24, 2.45) is 0 Å². The molecule has 1 aliphatic heterocycles. The molecule has 152 valence electrons. The maximum absolute atomic E-state index is 12.6. The Morgan fingerprint density at radius 2 is 1.60 bits per heavy atom. The average molecular weight is 401 g/mol.